The molecule has 2 saturated heterocycles. The van der Waals surface area contributed by atoms with E-state index in [1.165, 1.54) is 31.2 Å². The lowest BCUT2D eigenvalue weighted by Gasteiger charge is -2.30. The number of anilines is 1. The lowest BCUT2D eigenvalue weighted by atomic mass is 9.87. The molecular weight excluding hydrogens is 320 g/mol. The quantitative estimate of drug-likeness (QED) is 0.881. The molecule has 24 heavy (non-hydrogen) atoms. The first-order valence-corrected chi connectivity index (χ1v) is 8.96. The molecule has 0 aromatic heterocycles. The maximum atomic E-state index is 12.6. The van der Waals surface area contributed by atoms with E-state index in [1.807, 2.05) is 11.9 Å². The summed E-state index contributed by atoms with van der Waals surface area (Å²) in [7, 11) is 1.91. The molecule has 2 aliphatic heterocycles. The van der Waals surface area contributed by atoms with Gasteiger partial charge in [-0.25, -0.2) is 0 Å². The van der Waals surface area contributed by atoms with Crippen LogP contribution in [0, 0.1) is 5.92 Å². The first-order valence-electron chi connectivity index (χ1n) is 8.96. The monoisotopic (exact) mass is 350 g/mol. The Kier molecular flexibility index (Phi) is 5.98. The number of nitrogens with one attached hydrogen (secondary N) is 1. The number of nitrogens with zero attached hydrogens (tertiary/aromatic N) is 1. The second-order valence-electron chi connectivity index (χ2n) is 8.43. The summed E-state index contributed by atoms with van der Waals surface area (Å²) >= 11 is 0. The third kappa shape index (κ3) is 4.31. The van der Waals surface area contributed by atoms with Crippen molar-refractivity contribution in [2.24, 2.45) is 5.92 Å². The number of carbonyl (C=O) groups excluding carboxylic acids is 1. The van der Waals surface area contributed by atoms with Crippen molar-refractivity contribution in [3.63, 3.8) is 0 Å². The van der Waals surface area contributed by atoms with Gasteiger partial charge in [-0.2, -0.15) is 0 Å². The Hall–Kier alpha value is -1.06. The van der Waals surface area contributed by atoms with Crippen LogP contribution in [0.5, 0.6) is 0 Å². The Morgan fingerprint density at radius 3 is 2.17 bits per heavy atom. The molecular formula is C20H31ClN2O. The minimum absolute atomic E-state index is 0. The minimum Gasteiger partial charge on any atom is -0.315 e. The van der Waals surface area contributed by atoms with E-state index in [1.54, 1.807) is 0 Å². The Balaban J connectivity index is 0.00000208. The van der Waals surface area contributed by atoms with Gasteiger partial charge in [-0.1, -0.05) is 32.9 Å². The number of amides is 1. The summed E-state index contributed by atoms with van der Waals surface area (Å²) in [5.41, 5.74) is 2.45. The van der Waals surface area contributed by atoms with Gasteiger partial charge in [0.2, 0.25) is 5.91 Å². The Labute approximate surface area is 152 Å². The fourth-order valence-corrected chi connectivity index (χ4v) is 4.05. The van der Waals surface area contributed by atoms with Crippen molar-refractivity contribution in [3.8, 4) is 0 Å². The van der Waals surface area contributed by atoms with Crippen LogP contribution < -0.4 is 10.2 Å². The second kappa shape index (κ2) is 7.45. The molecule has 3 rings (SSSR count). The number of hydrogen-bond donors (Lipinski definition) is 1. The van der Waals surface area contributed by atoms with Gasteiger partial charge in [0.05, 0.1) is 0 Å². The topological polar surface area (TPSA) is 32.3 Å². The zero-order valence-corrected chi connectivity index (χ0v) is 16.2. The van der Waals surface area contributed by atoms with Gasteiger partial charge in [-0.15, -0.1) is 12.4 Å². The maximum Gasteiger partial charge on any atom is 0.226 e. The molecule has 0 saturated carbocycles. The third-order valence-corrected chi connectivity index (χ3v) is 5.53. The second-order valence-corrected chi connectivity index (χ2v) is 8.43. The fourth-order valence-electron chi connectivity index (χ4n) is 4.05. The van der Waals surface area contributed by atoms with E-state index in [4.69, 9.17) is 0 Å². The molecule has 2 fully saturated rings. The normalized spacial score (nSPS) is 25.9. The number of piperidine rings is 1. The van der Waals surface area contributed by atoms with E-state index < -0.39 is 0 Å². The highest BCUT2D eigenvalue weighted by molar-refractivity contribution is 5.92. The number of fused-ring (bicyclic) bond motifs is 2. The minimum atomic E-state index is 0. The zero-order chi connectivity index (χ0) is 16.6. The lowest BCUT2D eigenvalue weighted by molar-refractivity contribution is -0.119. The van der Waals surface area contributed by atoms with Gasteiger partial charge >= 0.3 is 0 Å². The molecule has 1 aromatic carbocycles. The highest BCUT2D eigenvalue weighted by atomic mass is 35.5. The van der Waals surface area contributed by atoms with Crippen LogP contribution in [0.3, 0.4) is 0 Å². The number of hydrogen-bond acceptors (Lipinski definition) is 2. The predicted octanol–water partition coefficient (Wildman–Crippen LogP) is 4.29. The Morgan fingerprint density at radius 1 is 1.12 bits per heavy atom. The summed E-state index contributed by atoms with van der Waals surface area (Å²) in [6, 6.07) is 9.74. The van der Waals surface area contributed by atoms with Gasteiger partial charge in [0.15, 0.2) is 0 Å². The smallest absolute Gasteiger partial charge is 0.226 e. The average molecular weight is 351 g/mol. The zero-order valence-electron chi connectivity index (χ0n) is 15.3. The van der Waals surface area contributed by atoms with Crippen molar-refractivity contribution in [2.75, 3.05) is 11.9 Å². The largest absolute Gasteiger partial charge is 0.315 e. The standard InChI is InChI=1S/C20H30N2O.ClH/c1-20(2,3)15-5-9-18(10-6-15)22(4)19(23)13-14-11-16-7-8-17(12-14)21-16;/h5-6,9-10,14,16-17,21H,7-8,11-13H2,1-4H3;1H. The SMILES string of the molecule is CN(C(=O)CC1CC2CCC(C1)N2)c1ccc(C(C)(C)C)cc1.Cl. The molecule has 0 aliphatic carbocycles. The summed E-state index contributed by atoms with van der Waals surface area (Å²) in [5, 5.41) is 3.65. The molecule has 2 atom stereocenters. The molecule has 134 valence electrons. The summed E-state index contributed by atoms with van der Waals surface area (Å²) in [6.07, 6.45) is 5.60. The van der Waals surface area contributed by atoms with Crippen LogP contribution in [0.2, 0.25) is 0 Å². The maximum absolute atomic E-state index is 12.6. The van der Waals surface area contributed by atoms with Crippen molar-refractivity contribution >= 4 is 24.0 Å². The van der Waals surface area contributed by atoms with Gasteiger partial charge in [0, 0.05) is 31.2 Å². The predicted molar refractivity (Wildman–Crippen MR) is 103 cm³/mol. The number of rotatable bonds is 3. The molecule has 1 aromatic rings. The van der Waals surface area contributed by atoms with Crippen LogP contribution in [0.15, 0.2) is 24.3 Å². The van der Waals surface area contributed by atoms with Crippen LogP contribution in [0.25, 0.3) is 0 Å². The van der Waals surface area contributed by atoms with E-state index >= 15 is 0 Å². The lowest BCUT2D eigenvalue weighted by Crippen LogP contribution is -2.40. The molecule has 3 nitrogen and oxygen atoms in total. The third-order valence-electron chi connectivity index (χ3n) is 5.53. The molecule has 2 heterocycles. The summed E-state index contributed by atoms with van der Waals surface area (Å²) in [6.45, 7) is 6.63. The highest BCUT2D eigenvalue weighted by Crippen LogP contribution is 2.33. The fraction of sp³-hybridized carbons (Fsp3) is 0.650. The summed E-state index contributed by atoms with van der Waals surface area (Å²) in [5.74, 6) is 0.803. The molecule has 2 bridgehead atoms. The molecule has 1 N–H and O–H groups in total. The molecule has 2 aliphatic rings. The van der Waals surface area contributed by atoms with E-state index in [0.29, 0.717) is 24.4 Å². The van der Waals surface area contributed by atoms with Gasteiger partial charge in [-0.05, 0) is 54.7 Å². The van der Waals surface area contributed by atoms with E-state index in [9.17, 15) is 4.79 Å². The summed E-state index contributed by atoms with van der Waals surface area (Å²) in [4.78, 5) is 14.5. The van der Waals surface area contributed by atoms with Crippen LogP contribution in [0.1, 0.15) is 58.4 Å². The van der Waals surface area contributed by atoms with Crippen LogP contribution in [0.4, 0.5) is 5.69 Å². The van der Waals surface area contributed by atoms with Gasteiger partial charge in [-0.3, -0.25) is 4.79 Å². The van der Waals surface area contributed by atoms with Crippen molar-refractivity contribution in [1.29, 1.82) is 0 Å². The van der Waals surface area contributed by atoms with Crippen molar-refractivity contribution in [1.82, 2.24) is 5.32 Å². The first kappa shape index (κ1) is 19.3. The van der Waals surface area contributed by atoms with Crippen molar-refractivity contribution in [2.45, 2.75) is 70.4 Å². The van der Waals surface area contributed by atoms with Crippen molar-refractivity contribution < 1.29 is 4.79 Å². The van der Waals surface area contributed by atoms with E-state index in [2.05, 4.69) is 50.4 Å². The van der Waals surface area contributed by atoms with E-state index in [0.717, 1.165) is 5.69 Å². The number of carbonyl (C=O) groups is 1. The Morgan fingerprint density at radius 2 is 1.67 bits per heavy atom. The molecule has 4 heteroatoms. The van der Waals surface area contributed by atoms with Crippen LogP contribution >= 0.6 is 12.4 Å². The highest BCUT2D eigenvalue weighted by Gasteiger charge is 2.34. The van der Waals surface area contributed by atoms with Gasteiger partial charge in [0.1, 0.15) is 0 Å². The number of halogens is 1. The molecule has 0 spiro atoms. The van der Waals surface area contributed by atoms with E-state index in [-0.39, 0.29) is 23.7 Å². The van der Waals surface area contributed by atoms with Crippen LogP contribution in [-0.4, -0.2) is 25.0 Å². The summed E-state index contributed by atoms with van der Waals surface area (Å²) < 4.78 is 0. The average Bonchev–Trinajstić information content (AvgIpc) is 2.84. The van der Waals surface area contributed by atoms with Crippen LogP contribution in [-0.2, 0) is 10.2 Å². The number of benzene rings is 1. The molecule has 1 amide bonds. The Bertz CT molecular complexity index is 552. The van der Waals surface area contributed by atoms with Gasteiger partial charge in [0.25, 0.3) is 0 Å². The first-order chi connectivity index (χ1) is 10.8. The van der Waals surface area contributed by atoms with Gasteiger partial charge < -0.3 is 10.2 Å². The van der Waals surface area contributed by atoms with Crippen molar-refractivity contribution in [3.05, 3.63) is 29.8 Å². The molecule has 0 radical (unpaired) electrons. The molecule has 2 unspecified atom stereocenters.